The number of ether oxygens (including phenoxy) is 1. The number of hydrogen-bond acceptors (Lipinski definition) is 3. The molecule has 0 heterocycles. The average Bonchev–Trinajstić information content (AvgIpc) is 2.61. The van der Waals surface area contributed by atoms with E-state index in [2.05, 4.69) is 19.2 Å². The van der Waals surface area contributed by atoms with Gasteiger partial charge in [-0.1, -0.05) is 38.1 Å². The van der Waals surface area contributed by atoms with Gasteiger partial charge in [0.05, 0.1) is 13.2 Å². The van der Waals surface area contributed by atoms with Gasteiger partial charge in [0.25, 0.3) is 0 Å². The average molecular weight is 340 g/mol. The highest BCUT2D eigenvalue weighted by Gasteiger charge is 2.13. The van der Waals surface area contributed by atoms with Gasteiger partial charge in [-0.3, -0.25) is 4.79 Å². The van der Waals surface area contributed by atoms with E-state index in [1.165, 1.54) is 0 Å². The molecule has 0 aliphatic heterocycles. The Morgan fingerprint density at radius 1 is 1.12 bits per heavy atom. The summed E-state index contributed by atoms with van der Waals surface area (Å²) in [7, 11) is 0. The molecular weight excluding hydrogens is 312 g/mol. The van der Waals surface area contributed by atoms with Gasteiger partial charge in [0.2, 0.25) is 5.91 Å². The van der Waals surface area contributed by atoms with Crippen molar-refractivity contribution in [2.75, 3.05) is 29.9 Å². The molecule has 0 aliphatic carbocycles. The van der Waals surface area contributed by atoms with Crippen molar-refractivity contribution in [2.45, 2.75) is 27.2 Å². The molecular formula is C21H28N2O2. The van der Waals surface area contributed by atoms with Crippen LogP contribution in [0.2, 0.25) is 0 Å². The molecule has 4 nitrogen and oxygen atoms in total. The first-order chi connectivity index (χ1) is 12.1. The van der Waals surface area contributed by atoms with E-state index in [-0.39, 0.29) is 12.5 Å². The largest absolute Gasteiger partial charge is 0.494 e. The van der Waals surface area contributed by atoms with Crippen LogP contribution in [0.3, 0.4) is 0 Å². The van der Waals surface area contributed by atoms with Crippen molar-refractivity contribution in [3.05, 3.63) is 54.6 Å². The lowest BCUT2D eigenvalue weighted by Gasteiger charge is -2.21. The van der Waals surface area contributed by atoms with Crippen LogP contribution in [0.1, 0.15) is 27.2 Å². The summed E-state index contributed by atoms with van der Waals surface area (Å²) in [6.45, 7) is 7.94. The van der Waals surface area contributed by atoms with E-state index in [0.29, 0.717) is 19.1 Å². The van der Waals surface area contributed by atoms with Gasteiger partial charge in [-0.05, 0) is 43.5 Å². The van der Waals surface area contributed by atoms with Gasteiger partial charge in [-0.15, -0.1) is 0 Å². The highest BCUT2D eigenvalue weighted by atomic mass is 16.5. The lowest BCUT2D eigenvalue weighted by Crippen LogP contribution is -2.35. The van der Waals surface area contributed by atoms with Gasteiger partial charge in [0.1, 0.15) is 5.75 Å². The fourth-order valence-corrected chi connectivity index (χ4v) is 2.49. The third kappa shape index (κ3) is 6.14. The zero-order valence-electron chi connectivity index (χ0n) is 15.4. The normalized spacial score (nSPS) is 10.6. The van der Waals surface area contributed by atoms with Gasteiger partial charge in [0.15, 0.2) is 0 Å². The molecule has 0 unspecified atom stereocenters. The van der Waals surface area contributed by atoms with Gasteiger partial charge in [0, 0.05) is 24.0 Å². The van der Waals surface area contributed by atoms with Crippen molar-refractivity contribution in [3.63, 3.8) is 0 Å². The van der Waals surface area contributed by atoms with Crippen LogP contribution in [-0.2, 0) is 4.79 Å². The van der Waals surface area contributed by atoms with Gasteiger partial charge in [-0.2, -0.15) is 0 Å². The van der Waals surface area contributed by atoms with Crippen LogP contribution in [-0.4, -0.2) is 25.6 Å². The third-order valence-electron chi connectivity index (χ3n) is 3.93. The molecule has 4 heteroatoms. The van der Waals surface area contributed by atoms with Crippen molar-refractivity contribution in [3.8, 4) is 5.75 Å². The summed E-state index contributed by atoms with van der Waals surface area (Å²) >= 11 is 0. The zero-order valence-corrected chi connectivity index (χ0v) is 15.4. The first kappa shape index (κ1) is 18.8. The Morgan fingerprint density at radius 2 is 1.88 bits per heavy atom. The predicted molar refractivity (Wildman–Crippen MR) is 104 cm³/mol. The maximum atomic E-state index is 12.5. The molecule has 134 valence electrons. The summed E-state index contributed by atoms with van der Waals surface area (Å²) in [5, 5.41) is 3.20. The molecule has 2 aromatic carbocycles. The third-order valence-corrected chi connectivity index (χ3v) is 3.93. The van der Waals surface area contributed by atoms with Crippen LogP contribution in [0.4, 0.5) is 11.4 Å². The van der Waals surface area contributed by atoms with Crippen molar-refractivity contribution < 1.29 is 9.53 Å². The number of amides is 1. The van der Waals surface area contributed by atoms with E-state index in [1.54, 1.807) is 4.90 Å². The predicted octanol–water partition coefficient (Wildman–Crippen LogP) is 4.58. The zero-order chi connectivity index (χ0) is 18.1. The molecule has 2 rings (SSSR count). The molecule has 0 bridgehead atoms. The quantitative estimate of drug-likeness (QED) is 0.726. The molecule has 25 heavy (non-hydrogen) atoms. The molecule has 1 N–H and O–H groups in total. The summed E-state index contributed by atoms with van der Waals surface area (Å²) in [5.41, 5.74) is 1.81. The number of hydrogen-bond donors (Lipinski definition) is 1. The Balaban J connectivity index is 1.90. The number of para-hydroxylation sites is 1. The Labute approximate surface area is 150 Å². The van der Waals surface area contributed by atoms with Crippen LogP contribution < -0.4 is 15.0 Å². The minimum absolute atomic E-state index is 0.0415. The van der Waals surface area contributed by atoms with E-state index in [0.717, 1.165) is 23.5 Å². The SMILES string of the molecule is CCN(C(=O)CNc1cccc(OCCC(C)C)c1)c1ccccc1. The van der Waals surface area contributed by atoms with Crippen molar-refractivity contribution in [2.24, 2.45) is 5.92 Å². The van der Waals surface area contributed by atoms with Crippen LogP contribution in [0.25, 0.3) is 0 Å². The molecule has 0 fully saturated rings. The first-order valence-corrected chi connectivity index (χ1v) is 8.92. The smallest absolute Gasteiger partial charge is 0.246 e. The van der Waals surface area contributed by atoms with Gasteiger partial charge in [-0.25, -0.2) is 0 Å². The molecule has 0 spiro atoms. The lowest BCUT2D eigenvalue weighted by atomic mass is 10.1. The Bertz CT molecular complexity index is 656. The van der Waals surface area contributed by atoms with Crippen molar-refractivity contribution in [1.82, 2.24) is 0 Å². The molecule has 0 atom stereocenters. The fraction of sp³-hybridized carbons (Fsp3) is 0.381. The van der Waals surface area contributed by atoms with E-state index in [9.17, 15) is 4.79 Å². The second-order valence-corrected chi connectivity index (χ2v) is 6.39. The monoisotopic (exact) mass is 340 g/mol. The summed E-state index contributed by atoms with van der Waals surface area (Å²) < 4.78 is 5.77. The Kier molecular flexibility index (Phi) is 7.33. The summed E-state index contributed by atoms with van der Waals surface area (Å²) in [6, 6.07) is 17.5. The maximum Gasteiger partial charge on any atom is 0.246 e. The first-order valence-electron chi connectivity index (χ1n) is 8.92. The molecule has 2 aromatic rings. The molecule has 0 aliphatic rings. The number of rotatable bonds is 9. The topological polar surface area (TPSA) is 41.6 Å². The number of nitrogens with one attached hydrogen (secondary N) is 1. The molecule has 0 saturated heterocycles. The van der Waals surface area contributed by atoms with E-state index >= 15 is 0 Å². The molecule has 0 saturated carbocycles. The van der Waals surface area contributed by atoms with Crippen LogP contribution >= 0.6 is 0 Å². The minimum atomic E-state index is 0.0415. The number of anilines is 2. The molecule has 0 radical (unpaired) electrons. The van der Waals surface area contributed by atoms with Crippen LogP contribution in [0, 0.1) is 5.92 Å². The Hall–Kier alpha value is -2.49. The fourth-order valence-electron chi connectivity index (χ4n) is 2.49. The van der Waals surface area contributed by atoms with Crippen LogP contribution in [0.5, 0.6) is 5.75 Å². The Morgan fingerprint density at radius 3 is 2.56 bits per heavy atom. The second-order valence-electron chi connectivity index (χ2n) is 6.39. The van der Waals surface area contributed by atoms with Crippen LogP contribution in [0.15, 0.2) is 54.6 Å². The summed E-state index contributed by atoms with van der Waals surface area (Å²) in [4.78, 5) is 14.3. The minimum Gasteiger partial charge on any atom is -0.494 e. The maximum absolute atomic E-state index is 12.5. The van der Waals surface area contributed by atoms with Crippen molar-refractivity contribution in [1.29, 1.82) is 0 Å². The van der Waals surface area contributed by atoms with E-state index in [4.69, 9.17) is 4.74 Å². The van der Waals surface area contributed by atoms with Gasteiger partial charge >= 0.3 is 0 Å². The van der Waals surface area contributed by atoms with E-state index in [1.807, 2.05) is 61.5 Å². The van der Waals surface area contributed by atoms with E-state index < -0.39 is 0 Å². The second kappa shape index (κ2) is 9.72. The number of nitrogens with zero attached hydrogens (tertiary/aromatic N) is 1. The standard InChI is InChI=1S/C21H28N2O2/c1-4-23(19-10-6-5-7-11-19)21(24)16-22-18-9-8-12-20(15-18)25-14-13-17(2)3/h5-12,15,17,22H,4,13-14,16H2,1-3H3. The number of carbonyl (C=O) groups excluding carboxylic acids is 1. The number of carbonyl (C=O) groups is 1. The molecule has 1 amide bonds. The number of likely N-dealkylation sites (N-methyl/N-ethyl adjacent to an activating group) is 1. The van der Waals surface area contributed by atoms with Gasteiger partial charge < -0.3 is 15.0 Å². The highest BCUT2D eigenvalue weighted by molar-refractivity contribution is 5.96. The number of benzene rings is 2. The summed E-state index contributed by atoms with van der Waals surface area (Å²) in [5.74, 6) is 1.49. The lowest BCUT2D eigenvalue weighted by molar-refractivity contribution is -0.116. The molecule has 0 aromatic heterocycles. The van der Waals surface area contributed by atoms with Crippen molar-refractivity contribution >= 4 is 17.3 Å². The highest BCUT2D eigenvalue weighted by Crippen LogP contribution is 2.18. The summed E-state index contributed by atoms with van der Waals surface area (Å²) in [6.07, 6.45) is 1.03.